The summed E-state index contributed by atoms with van der Waals surface area (Å²) in [6.45, 7) is 4.33. The van der Waals surface area contributed by atoms with Gasteiger partial charge in [-0.25, -0.2) is 9.59 Å². The molecule has 1 aliphatic heterocycles. The van der Waals surface area contributed by atoms with Crippen LogP contribution in [0.4, 0.5) is 10.6 Å². The first-order valence-corrected chi connectivity index (χ1v) is 13.2. The maximum absolute atomic E-state index is 12.9. The van der Waals surface area contributed by atoms with E-state index in [9.17, 15) is 19.8 Å². The fourth-order valence-electron chi connectivity index (χ4n) is 4.34. The van der Waals surface area contributed by atoms with Crippen LogP contribution in [0.15, 0.2) is 65.6 Å². The van der Waals surface area contributed by atoms with Crippen molar-refractivity contribution < 1.29 is 29.2 Å². The van der Waals surface area contributed by atoms with Gasteiger partial charge < -0.3 is 24.4 Å². The largest absolute Gasteiger partial charge is 0.489 e. The van der Waals surface area contributed by atoms with E-state index < -0.39 is 36.3 Å². The number of ether oxygens (including phenoxy) is 3. The highest BCUT2D eigenvalue weighted by molar-refractivity contribution is 5.84. The molecule has 0 aliphatic carbocycles. The van der Waals surface area contributed by atoms with E-state index in [0.29, 0.717) is 17.9 Å². The van der Waals surface area contributed by atoms with Gasteiger partial charge in [-0.2, -0.15) is 4.98 Å². The molecule has 0 bridgehead atoms. The average Bonchev–Trinajstić information content (AvgIpc) is 3.19. The number of amides is 1. The second-order valence-electron chi connectivity index (χ2n) is 9.58. The lowest BCUT2D eigenvalue weighted by Gasteiger charge is -2.20. The molecule has 4 atom stereocenters. The van der Waals surface area contributed by atoms with Crippen LogP contribution in [-0.2, 0) is 22.5 Å². The van der Waals surface area contributed by atoms with Gasteiger partial charge in [0, 0.05) is 18.2 Å². The number of aliphatic hydroxyl groups excluding tert-OH is 2. The molecule has 1 fully saturated rings. The highest BCUT2D eigenvalue weighted by Gasteiger charge is 2.42. The van der Waals surface area contributed by atoms with Gasteiger partial charge in [0.15, 0.2) is 6.23 Å². The lowest BCUT2D eigenvalue weighted by atomic mass is 10.1. The van der Waals surface area contributed by atoms with E-state index in [-0.39, 0.29) is 18.8 Å². The summed E-state index contributed by atoms with van der Waals surface area (Å²) in [6.07, 6.45) is -0.546. The molecule has 0 radical (unpaired) electrons. The zero-order valence-corrected chi connectivity index (χ0v) is 22.2. The van der Waals surface area contributed by atoms with Crippen molar-refractivity contribution in [1.82, 2.24) is 9.55 Å². The predicted octanol–water partition coefficient (Wildman–Crippen LogP) is 3.79. The number of carbonyl (C=O) groups excluding carboxylic acids is 1. The number of benzene rings is 2. The summed E-state index contributed by atoms with van der Waals surface area (Å²) in [5.74, 6) is 0.711. The summed E-state index contributed by atoms with van der Waals surface area (Å²) >= 11 is 0. The third kappa shape index (κ3) is 7.44. The number of anilines is 1. The Morgan fingerprint density at radius 1 is 1.08 bits per heavy atom. The highest BCUT2D eigenvalue weighted by Crippen LogP contribution is 2.29. The summed E-state index contributed by atoms with van der Waals surface area (Å²) in [6, 6.07) is 17.3. The van der Waals surface area contributed by atoms with Crippen molar-refractivity contribution in [3.63, 3.8) is 0 Å². The van der Waals surface area contributed by atoms with Crippen molar-refractivity contribution in [3.8, 4) is 5.75 Å². The van der Waals surface area contributed by atoms with Crippen molar-refractivity contribution >= 4 is 11.9 Å². The number of rotatable bonds is 11. The summed E-state index contributed by atoms with van der Waals surface area (Å²) in [5.41, 5.74) is 1.62. The second kappa shape index (κ2) is 13.4. The maximum atomic E-state index is 12.9. The summed E-state index contributed by atoms with van der Waals surface area (Å²) in [4.78, 5) is 29.4. The van der Waals surface area contributed by atoms with Crippen molar-refractivity contribution in [2.75, 3.05) is 11.9 Å². The van der Waals surface area contributed by atoms with E-state index in [1.54, 1.807) is 6.92 Å². The third-order valence-corrected chi connectivity index (χ3v) is 6.52. The van der Waals surface area contributed by atoms with E-state index in [2.05, 4.69) is 17.2 Å². The molecule has 1 amide bonds. The van der Waals surface area contributed by atoms with Crippen LogP contribution < -0.4 is 15.7 Å². The van der Waals surface area contributed by atoms with Crippen LogP contribution in [0.5, 0.6) is 5.75 Å². The van der Waals surface area contributed by atoms with Crippen LogP contribution in [0.2, 0.25) is 0 Å². The van der Waals surface area contributed by atoms with Crippen molar-refractivity contribution in [2.24, 2.45) is 0 Å². The molecule has 1 aromatic heterocycles. The smallest absolute Gasteiger partial charge is 0.412 e. The molecule has 2 aromatic carbocycles. The summed E-state index contributed by atoms with van der Waals surface area (Å²) in [5, 5.41) is 23.2. The van der Waals surface area contributed by atoms with Gasteiger partial charge in [-0.15, -0.1) is 0 Å². The molecular formula is C29H35N3O7. The fourth-order valence-corrected chi connectivity index (χ4v) is 4.34. The number of hydrogen-bond donors (Lipinski definition) is 3. The van der Waals surface area contributed by atoms with Crippen molar-refractivity contribution in [1.29, 1.82) is 0 Å². The standard InChI is InChI=1S/C29H35N3O7/c1-3-4-8-14-37-29(36)31-26-22(17-32(28(35)30-26)27-25(34)24(33)19(2)39-27)15-21-12-9-13-23(16-21)38-18-20-10-6-5-7-11-20/h5-7,9-13,16-17,19,24-25,27,33-34H,3-4,8,14-15,18H2,1-2H3,(H,30,31,35,36)/t19-,24-,25-,27-/m1/s1. The number of hydrogen-bond acceptors (Lipinski definition) is 8. The van der Waals surface area contributed by atoms with Gasteiger partial charge in [-0.1, -0.05) is 62.2 Å². The second-order valence-corrected chi connectivity index (χ2v) is 9.58. The minimum absolute atomic E-state index is 0.0495. The van der Waals surface area contributed by atoms with Crippen molar-refractivity contribution in [3.05, 3.63) is 88.0 Å². The molecule has 1 aliphatic rings. The first-order valence-electron chi connectivity index (χ1n) is 13.2. The van der Waals surface area contributed by atoms with Crippen molar-refractivity contribution in [2.45, 2.75) is 70.7 Å². The van der Waals surface area contributed by atoms with E-state index >= 15 is 0 Å². The van der Waals surface area contributed by atoms with E-state index in [0.717, 1.165) is 35.0 Å². The summed E-state index contributed by atoms with van der Waals surface area (Å²) < 4.78 is 18.0. The van der Waals surface area contributed by atoms with Crippen LogP contribution in [0, 0.1) is 0 Å². The Balaban J connectivity index is 1.58. The fraction of sp³-hybridized carbons (Fsp3) is 0.414. The normalized spacial score (nSPS) is 20.5. The molecule has 208 valence electrons. The number of aliphatic hydroxyl groups is 2. The number of nitrogens with zero attached hydrogens (tertiary/aromatic N) is 2. The Labute approximate surface area is 227 Å². The SMILES string of the molecule is CCCCCOC(=O)Nc1nc(=O)n([C@@H]2O[C@H](C)[C@@H](O)[C@H]2O)cc1Cc1cccc(OCc2ccccc2)c1. The number of aromatic nitrogens is 2. The Hall–Kier alpha value is -3.73. The lowest BCUT2D eigenvalue weighted by molar-refractivity contribution is -0.0351. The molecule has 1 saturated heterocycles. The number of carbonyl (C=O) groups is 1. The van der Waals surface area contributed by atoms with Gasteiger partial charge in [-0.05, 0) is 36.6 Å². The molecule has 10 nitrogen and oxygen atoms in total. The molecule has 0 saturated carbocycles. The molecule has 39 heavy (non-hydrogen) atoms. The topological polar surface area (TPSA) is 132 Å². The molecule has 4 rings (SSSR count). The average molecular weight is 538 g/mol. The first-order chi connectivity index (χ1) is 18.9. The molecule has 10 heteroatoms. The minimum atomic E-state index is -1.32. The summed E-state index contributed by atoms with van der Waals surface area (Å²) in [7, 11) is 0. The third-order valence-electron chi connectivity index (χ3n) is 6.52. The molecule has 3 N–H and O–H groups in total. The van der Waals surface area contributed by atoms with Gasteiger partial charge in [0.1, 0.15) is 30.4 Å². The Bertz CT molecular complexity index is 1300. The predicted molar refractivity (Wildman–Crippen MR) is 145 cm³/mol. The van der Waals surface area contributed by atoms with Gasteiger partial charge in [0.2, 0.25) is 0 Å². The van der Waals surface area contributed by atoms with Gasteiger partial charge in [0.05, 0.1) is 12.7 Å². The Morgan fingerprint density at radius 3 is 2.56 bits per heavy atom. The van der Waals surface area contributed by atoms with Crippen LogP contribution in [0.25, 0.3) is 0 Å². The van der Waals surface area contributed by atoms with E-state index in [4.69, 9.17) is 14.2 Å². The molecular weight excluding hydrogens is 502 g/mol. The molecule has 2 heterocycles. The molecule has 0 spiro atoms. The first kappa shape index (κ1) is 28.3. The highest BCUT2D eigenvalue weighted by atomic mass is 16.6. The van der Waals surface area contributed by atoms with Gasteiger partial charge in [0.25, 0.3) is 0 Å². The quantitative estimate of drug-likeness (QED) is 0.315. The van der Waals surface area contributed by atoms with Crippen LogP contribution >= 0.6 is 0 Å². The van der Waals surface area contributed by atoms with Gasteiger partial charge >= 0.3 is 11.8 Å². The van der Waals surface area contributed by atoms with Gasteiger partial charge in [-0.3, -0.25) is 9.88 Å². The zero-order valence-electron chi connectivity index (χ0n) is 22.2. The molecule has 0 unspecified atom stereocenters. The number of nitrogens with one attached hydrogen (secondary N) is 1. The number of unbranched alkanes of at least 4 members (excludes halogenated alkanes) is 2. The van der Waals surface area contributed by atoms with Crippen LogP contribution in [-0.4, -0.2) is 50.8 Å². The van der Waals surface area contributed by atoms with Crippen LogP contribution in [0.1, 0.15) is 56.0 Å². The van der Waals surface area contributed by atoms with E-state index in [1.165, 1.54) is 6.20 Å². The minimum Gasteiger partial charge on any atom is -0.489 e. The molecule has 3 aromatic rings. The Morgan fingerprint density at radius 2 is 1.85 bits per heavy atom. The maximum Gasteiger partial charge on any atom is 0.412 e. The zero-order chi connectivity index (χ0) is 27.8. The monoisotopic (exact) mass is 537 g/mol. The van der Waals surface area contributed by atoms with E-state index in [1.807, 2.05) is 54.6 Å². The Kier molecular flexibility index (Phi) is 9.69. The lowest BCUT2D eigenvalue weighted by Crippen LogP contribution is -2.36. The van der Waals surface area contributed by atoms with Crippen LogP contribution in [0.3, 0.4) is 0 Å².